The van der Waals surface area contributed by atoms with Gasteiger partial charge in [0, 0.05) is 42.3 Å². The molecule has 4 rings (SSSR count). The van der Waals surface area contributed by atoms with Crippen LogP contribution in [0.4, 0.5) is 0 Å². The average Bonchev–Trinajstić information content (AvgIpc) is 3.35. The van der Waals surface area contributed by atoms with Crippen LogP contribution < -0.4 is 0 Å². The smallest absolute Gasteiger partial charge is 0.152 e. The highest BCUT2D eigenvalue weighted by Gasteiger charge is 2.22. The Morgan fingerprint density at radius 2 is 1.83 bits per heavy atom. The Morgan fingerprint density at radius 3 is 2.56 bits per heavy atom. The van der Waals surface area contributed by atoms with E-state index in [9.17, 15) is 0 Å². The molecule has 192 valence electrons. The fraction of sp³-hybridized carbons (Fsp3) is 0.433. The molecule has 36 heavy (non-hydrogen) atoms. The Hall–Kier alpha value is -2.27. The zero-order chi connectivity index (χ0) is 25.9. The average molecular weight is 526 g/mol. The van der Waals surface area contributed by atoms with Crippen LogP contribution in [0.25, 0.3) is 22.3 Å². The lowest BCUT2D eigenvalue weighted by Crippen LogP contribution is -2.28. The van der Waals surface area contributed by atoms with E-state index < -0.39 is 0 Å². The molecule has 0 aliphatic rings. The third kappa shape index (κ3) is 6.34. The number of hydrogen-bond acceptors (Lipinski definition) is 2. The molecule has 6 heteroatoms. The second kappa shape index (κ2) is 11.4. The van der Waals surface area contributed by atoms with Gasteiger partial charge in [0.15, 0.2) is 5.15 Å². The van der Waals surface area contributed by atoms with Gasteiger partial charge in [0.05, 0.1) is 10.7 Å². The first kappa shape index (κ1) is 26.8. The predicted octanol–water partition coefficient (Wildman–Crippen LogP) is 8.89. The standard InChI is InChI=1S/C30H38Cl2N4/c1-6-7-15-36-27(28(32)34-29(36)23-11-9-8-10-21(23)2)20-35(16-14-30(3,4)5)19-22-12-13-26-24(17-22)25(31)18-33-26/h8-13,17-18,33H,6-7,14-16,19-20H2,1-5H3. The SMILES string of the molecule is CCCCn1c(-c2ccccc2C)nc(Cl)c1CN(CCC(C)(C)C)Cc1ccc2[nH]cc(Cl)c2c1. The van der Waals surface area contributed by atoms with Crippen LogP contribution in [0.5, 0.6) is 0 Å². The van der Waals surface area contributed by atoms with Crippen LogP contribution in [0.3, 0.4) is 0 Å². The van der Waals surface area contributed by atoms with Gasteiger partial charge in [0.2, 0.25) is 0 Å². The second-order valence-corrected chi connectivity index (χ2v) is 11.8. The van der Waals surface area contributed by atoms with Gasteiger partial charge < -0.3 is 9.55 Å². The van der Waals surface area contributed by atoms with Crippen LogP contribution in [-0.4, -0.2) is 26.0 Å². The maximum Gasteiger partial charge on any atom is 0.152 e. The Morgan fingerprint density at radius 1 is 1.06 bits per heavy atom. The first-order valence-corrected chi connectivity index (χ1v) is 13.7. The van der Waals surface area contributed by atoms with E-state index in [-0.39, 0.29) is 5.41 Å². The number of benzene rings is 2. The maximum atomic E-state index is 6.87. The summed E-state index contributed by atoms with van der Waals surface area (Å²) in [6.45, 7) is 14.7. The molecule has 0 unspecified atom stereocenters. The number of nitrogens with zero attached hydrogens (tertiary/aromatic N) is 3. The van der Waals surface area contributed by atoms with E-state index >= 15 is 0 Å². The van der Waals surface area contributed by atoms with E-state index in [1.54, 1.807) is 0 Å². The number of hydrogen-bond donors (Lipinski definition) is 1. The molecule has 1 N–H and O–H groups in total. The van der Waals surface area contributed by atoms with Gasteiger partial charge >= 0.3 is 0 Å². The zero-order valence-electron chi connectivity index (χ0n) is 22.2. The van der Waals surface area contributed by atoms with Crippen molar-refractivity contribution >= 4 is 34.1 Å². The molecular formula is C30H38Cl2N4. The summed E-state index contributed by atoms with van der Waals surface area (Å²) in [7, 11) is 0. The molecule has 0 saturated heterocycles. The van der Waals surface area contributed by atoms with Crippen molar-refractivity contribution in [2.24, 2.45) is 5.41 Å². The second-order valence-electron chi connectivity index (χ2n) is 11.0. The highest BCUT2D eigenvalue weighted by Crippen LogP contribution is 2.31. The molecule has 2 aromatic carbocycles. The number of halogens is 2. The fourth-order valence-electron chi connectivity index (χ4n) is 4.60. The van der Waals surface area contributed by atoms with Crippen LogP contribution in [0.1, 0.15) is 63.8 Å². The maximum absolute atomic E-state index is 6.87. The molecule has 0 bridgehead atoms. The van der Waals surface area contributed by atoms with E-state index in [4.69, 9.17) is 28.2 Å². The number of aromatic nitrogens is 3. The van der Waals surface area contributed by atoms with E-state index in [2.05, 4.69) is 91.5 Å². The summed E-state index contributed by atoms with van der Waals surface area (Å²) in [4.78, 5) is 10.6. The molecule has 0 spiro atoms. The van der Waals surface area contributed by atoms with Crippen LogP contribution >= 0.6 is 23.2 Å². The Bertz CT molecular complexity index is 1310. The van der Waals surface area contributed by atoms with Gasteiger partial charge in [-0.2, -0.15) is 0 Å². The molecule has 2 heterocycles. The molecule has 0 fully saturated rings. The lowest BCUT2D eigenvalue weighted by molar-refractivity contribution is 0.209. The fourth-order valence-corrected chi connectivity index (χ4v) is 5.06. The summed E-state index contributed by atoms with van der Waals surface area (Å²) in [5.41, 5.74) is 6.00. The third-order valence-electron chi connectivity index (χ3n) is 6.80. The highest BCUT2D eigenvalue weighted by atomic mass is 35.5. The third-order valence-corrected chi connectivity index (χ3v) is 7.41. The van der Waals surface area contributed by atoms with E-state index in [0.717, 1.165) is 78.4 Å². The van der Waals surface area contributed by atoms with E-state index in [0.29, 0.717) is 5.15 Å². The molecule has 0 atom stereocenters. The molecule has 4 aromatic rings. The number of unbranched alkanes of at least 4 members (excludes halogenated alkanes) is 1. The lowest BCUT2D eigenvalue weighted by Gasteiger charge is -2.27. The molecule has 0 aliphatic heterocycles. The molecule has 0 radical (unpaired) electrons. The zero-order valence-corrected chi connectivity index (χ0v) is 23.7. The number of nitrogens with one attached hydrogen (secondary N) is 1. The monoisotopic (exact) mass is 524 g/mol. The Labute approximate surface area is 225 Å². The normalized spacial score (nSPS) is 12.2. The number of fused-ring (bicyclic) bond motifs is 1. The van der Waals surface area contributed by atoms with Gasteiger partial charge in [-0.25, -0.2) is 4.98 Å². The number of aromatic amines is 1. The van der Waals surface area contributed by atoms with Crippen LogP contribution in [0, 0.1) is 12.3 Å². The van der Waals surface area contributed by atoms with E-state index in [1.165, 1.54) is 11.1 Å². The number of imidazole rings is 1. The minimum absolute atomic E-state index is 0.241. The summed E-state index contributed by atoms with van der Waals surface area (Å²) in [6.07, 6.45) is 5.15. The number of aryl methyl sites for hydroxylation is 1. The number of H-pyrrole nitrogens is 1. The van der Waals surface area contributed by atoms with Crippen molar-refractivity contribution in [1.29, 1.82) is 0 Å². The Kier molecular flexibility index (Phi) is 8.49. The summed E-state index contributed by atoms with van der Waals surface area (Å²) in [5, 5.41) is 2.43. The van der Waals surface area contributed by atoms with Crippen molar-refractivity contribution in [3.8, 4) is 11.4 Å². The minimum Gasteiger partial charge on any atom is -0.360 e. The van der Waals surface area contributed by atoms with Crippen molar-refractivity contribution < 1.29 is 0 Å². The van der Waals surface area contributed by atoms with Crippen molar-refractivity contribution in [1.82, 2.24) is 19.4 Å². The van der Waals surface area contributed by atoms with Crippen molar-refractivity contribution in [2.75, 3.05) is 6.54 Å². The van der Waals surface area contributed by atoms with Gasteiger partial charge in [-0.1, -0.05) is 87.6 Å². The quantitative estimate of drug-likeness (QED) is 0.224. The van der Waals surface area contributed by atoms with E-state index in [1.807, 2.05) is 6.20 Å². The van der Waals surface area contributed by atoms with Gasteiger partial charge in [-0.15, -0.1) is 0 Å². The number of rotatable bonds is 10. The van der Waals surface area contributed by atoms with Crippen molar-refractivity contribution in [3.63, 3.8) is 0 Å². The van der Waals surface area contributed by atoms with Crippen molar-refractivity contribution in [3.05, 3.63) is 75.7 Å². The molecule has 0 aliphatic carbocycles. The molecule has 0 amide bonds. The lowest BCUT2D eigenvalue weighted by atomic mass is 9.92. The Balaban J connectivity index is 1.69. The van der Waals surface area contributed by atoms with Crippen molar-refractivity contribution in [2.45, 2.75) is 73.5 Å². The van der Waals surface area contributed by atoms with Gasteiger partial charge in [-0.05, 0) is 55.0 Å². The summed E-state index contributed by atoms with van der Waals surface area (Å²) >= 11 is 13.3. The van der Waals surface area contributed by atoms with Crippen LogP contribution in [0.15, 0.2) is 48.7 Å². The van der Waals surface area contributed by atoms with Crippen LogP contribution in [0.2, 0.25) is 10.2 Å². The molecule has 4 nitrogen and oxygen atoms in total. The summed E-state index contributed by atoms with van der Waals surface area (Å²) < 4.78 is 2.35. The predicted molar refractivity (Wildman–Crippen MR) is 154 cm³/mol. The van der Waals surface area contributed by atoms with Gasteiger partial charge in [0.25, 0.3) is 0 Å². The minimum atomic E-state index is 0.241. The van der Waals surface area contributed by atoms with Crippen LogP contribution in [-0.2, 0) is 19.6 Å². The largest absolute Gasteiger partial charge is 0.360 e. The molecule has 2 aromatic heterocycles. The molecule has 0 saturated carbocycles. The summed E-state index contributed by atoms with van der Waals surface area (Å²) in [6, 6.07) is 14.9. The highest BCUT2D eigenvalue weighted by molar-refractivity contribution is 6.35. The first-order chi connectivity index (χ1) is 17.2. The van der Waals surface area contributed by atoms with Gasteiger partial charge in [0.1, 0.15) is 5.82 Å². The summed E-state index contributed by atoms with van der Waals surface area (Å²) in [5.74, 6) is 0.970. The first-order valence-electron chi connectivity index (χ1n) is 12.9. The molecular weight excluding hydrogens is 487 g/mol. The topological polar surface area (TPSA) is 36.9 Å². The van der Waals surface area contributed by atoms with Gasteiger partial charge in [-0.3, -0.25) is 4.90 Å².